The first-order valence-electron chi connectivity index (χ1n) is 16.0. The van der Waals surface area contributed by atoms with Crippen molar-refractivity contribution in [3.63, 3.8) is 0 Å². The van der Waals surface area contributed by atoms with Crippen LogP contribution >= 0.6 is 0 Å². The van der Waals surface area contributed by atoms with Crippen molar-refractivity contribution in [3.05, 3.63) is 187 Å². The Balaban J connectivity index is 1.03. The van der Waals surface area contributed by atoms with E-state index in [1.165, 1.54) is 38.6 Å². The molecule has 3 nitrogen and oxygen atoms in total. The van der Waals surface area contributed by atoms with Crippen LogP contribution in [0.1, 0.15) is 22.7 Å². The molecular weight excluding hydrogens is 572 g/mol. The van der Waals surface area contributed by atoms with E-state index in [0.717, 1.165) is 44.6 Å². The smallest absolute Gasteiger partial charge is 0.136 e. The molecule has 0 saturated carbocycles. The van der Waals surface area contributed by atoms with E-state index in [4.69, 9.17) is 9.41 Å². The summed E-state index contributed by atoms with van der Waals surface area (Å²) in [6, 6.07) is 57.6. The molecule has 0 fully saturated rings. The maximum absolute atomic E-state index is 6.13. The Labute approximate surface area is 273 Å². The number of hydrogen-bond acceptors (Lipinski definition) is 3. The fourth-order valence-electron chi connectivity index (χ4n) is 6.71. The molecule has 1 aliphatic rings. The summed E-state index contributed by atoms with van der Waals surface area (Å²) in [4.78, 5) is 5.16. The Morgan fingerprint density at radius 3 is 1.96 bits per heavy atom. The third-order valence-corrected chi connectivity index (χ3v) is 9.14. The molecule has 1 aromatic heterocycles. The quantitative estimate of drug-likeness (QED) is 0.213. The highest BCUT2D eigenvalue weighted by Gasteiger charge is 2.20. The summed E-state index contributed by atoms with van der Waals surface area (Å²) in [7, 11) is 0. The standard InChI is InChI=1S/C44H30N2O/c1-2-10-34(11-3-1)44-45-39(28-40(46-44)36-26-21-29-9-4-5-12-35(29)27-36)33-24-19-31(20-25-33)30-17-22-32(23-18-30)37-14-8-16-42-43(37)38-13-6-7-15-41(38)47-42/h1-28,40H,(H,45,46). The Kier molecular flexibility index (Phi) is 6.53. The molecule has 1 N–H and O–H groups in total. The van der Waals surface area contributed by atoms with Gasteiger partial charge in [0.25, 0.3) is 0 Å². The minimum Gasteiger partial charge on any atom is -0.456 e. The minimum absolute atomic E-state index is 0.102. The van der Waals surface area contributed by atoms with Gasteiger partial charge in [0.2, 0.25) is 0 Å². The number of aliphatic imine (C=N–C) groups is 1. The number of para-hydroxylation sites is 1. The van der Waals surface area contributed by atoms with Gasteiger partial charge in [0.1, 0.15) is 17.0 Å². The largest absolute Gasteiger partial charge is 0.456 e. The maximum atomic E-state index is 6.13. The van der Waals surface area contributed by atoms with Gasteiger partial charge in [-0.25, -0.2) is 0 Å². The molecule has 0 spiro atoms. The lowest BCUT2D eigenvalue weighted by atomic mass is 9.95. The highest BCUT2D eigenvalue weighted by molar-refractivity contribution is 6.12. The number of amidine groups is 1. The van der Waals surface area contributed by atoms with Gasteiger partial charge in [-0.3, -0.25) is 4.99 Å². The zero-order valence-electron chi connectivity index (χ0n) is 25.6. The molecule has 0 radical (unpaired) electrons. The topological polar surface area (TPSA) is 37.5 Å². The van der Waals surface area contributed by atoms with E-state index in [-0.39, 0.29) is 6.04 Å². The van der Waals surface area contributed by atoms with E-state index in [9.17, 15) is 0 Å². The number of hydrogen-bond donors (Lipinski definition) is 1. The van der Waals surface area contributed by atoms with Crippen molar-refractivity contribution in [2.45, 2.75) is 6.04 Å². The summed E-state index contributed by atoms with van der Waals surface area (Å²) in [6.45, 7) is 0. The number of nitrogens with one attached hydrogen (secondary N) is 1. The predicted molar refractivity (Wildman–Crippen MR) is 195 cm³/mol. The molecular formula is C44H30N2O. The van der Waals surface area contributed by atoms with Gasteiger partial charge in [-0.1, -0.05) is 146 Å². The van der Waals surface area contributed by atoms with Crippen LogP contribution in [0.4, 0.5) is 0 Å². The third-order valence-electron chi connectivity index (χ3n) is 9.14. The molecule has 1 atom stereocenters. The van der Waals surface area contributed by atoms with E-state index in [1.54, 1.807) is 0 Å². The highest BCUT2D eigenvalue weighted by Crippen LogP contribution is 2.37. The average Bonchev–Trinajstić information content (AvgIpc) is 3.54. The van der Waals surface area contributed by atoms with Gasteiger partial charge in [0.05, 0.1) is 6.04 Å². The van der Waals surface area contributed by atoms with Gasteiger partial charge >= 0.3 is 0 Å². The van der Waals surface area contributed by atoms with Gasteiger partial charge in [-0.05, 0) is 68.4 Å². The van der Waals surface area contributed by atoms with Crippen molar-refractivity contribution >= 4 is 44.2 Å². The lowest BCUT2D eigenvalue weighted by molar-refractivity contribution is 0.669. The number of benzene rings is 7. The van der Waals surface area contributed by atoms with Crippen LogP contribution in [0.15, 0.2) is 179 Å². The maximum Gasteiger partial charge on any atom is 0.136 e. The average molecular weight is 603 g/mol. The van der Waals surface area contributed by atoms with Gasteiger partial charge in [-0.2, -0.15) is 0 Å². The summed E-state index contributed by atoms with van der Waals surface area (Å²) in [5.74, 6) is 0.876. The van der Waals surface area contributed by atoms with E-state index < -0.39 is 0 Å². The van der Waals surface area contributed by atoms with Crippen molar-refractivity contribution in [1.29, 1.82) is 0 Å². The second-order valence-corrected chi connectivity index (χ2v) is 12.0. The van der Waals surface area contributed by atoms with Crippen molar-refractivity contribution in [2.75, 3.05) is 0 Å². The highest BCUT2D eigenvalue weighted by atomic mass is 16.3. The van der Waals surface area contributed by atoms with E-state index >= 15 is 0 Å². The van der Waals surface area contributed by atoms with Crippen LogP contribution in [0, 0.1) is 0 Å². The van der Waals surface area contributed by atoms with Gasteiger partial charge in [0, 0.05) is 22.0 Å². The Morgan fingerprint density at radius 2 is 1.15 bits per heavy atom. The summed E-state index contributed by atoms with van der Waals surface area (Å²) in [6.07, 6.45) is 2.24. The van der Waals surface area contributed by atoms with Gasteiger partial charge < -0.3 is 9.73 Å². The second kappa shape index (κ2) is 11.3. The van der Waals surface area contributed by atoms with Crippen molar-refractivity contribution in [1.82, 2.24) is 5.32 Å². The van der Waals surface area contributed by atoms with E-state index in [0.29, 0.717) is 0 Å². The van der Waals surface area contributed by atoms with E-state index in [1.807, 2.05) is 24.3 Å². The molecule has 222 valence electrons. The van der Waals surface area contributed by atoms with Gasteiger partial charge in [0.15, 0.2) is 0 Å². The van der Waals surface area contributed by atoms with Crippen LogP contribution in [0.3, 0.4) is 0 Å². The Bertz CT molecular complexity index is 2470. The summed E-state index contributed by atoms with van der Waals surface area (Å²) >= 11 is 0. The fraction of sp³-hybridized carbons (Fsp3) is 0.0227. The minimum atomic E-state index is -0.102. The number of rotatable bonds is 5. The van der Waals surface area contributed by atoms with Crippen molar-refractivity contribution in [3.8, 4) is 22.3 Å². The molecule has 9 rings (SSSR count). The summed E-state index contributed by atoms with van der Waals surface area (Å²) in [5, 5.41) is 8.40. The molecule has 8 aromatic rings. The number of furan rings is 1. The molecule has 47 heavy (non-hydrogen) atoms. The lowest BCUT2D eigenvalue weighted by Crippen LogP contribution is -2.27. The Hall–Kier alpha value is -6.19. The first-order chi connectivity index (χ1) is 23.3. The molecule has 0 aliphatic carbocycles. The van der Waals surface area contributed by atoms with Crippen LogP contribution in [-0.2, 0) is 0 Å². The summed E-state index contributed by atoms with van der Waals surface area (Å²) < 4.78 is 6.13. The molecule has 7 aromatic carbocycles. The SMILES string of the molecule is C1=C(c2ccc(-c3ccc(-c4cccc5oc6ccccc6c45)cc3)cc2)NC(c2ccccc2)=NC1c1ccc2ccccc2c1. The van der Waals surface area contributed by atoms with Crippen LogP contribution in [0.2, 0.25) is 0 Å². The molecule has 1 unspecified atom stereocenters. The van der Waals surface area contributed by atoms with E-state index in [2.05, 4.69) is 151 Å². The molecule has 3 heteroatoms. The number of fused-ring (bicyclic) bond motifs is 4. The molecule has 0 bridgehead atoms. The van der Waals surface area contributed by atoms with Gasteiger partial charge in [-0.15, -0.1) is 0 Å². The molecule has 0 amide bonds. The lowest BCUT2D eigenvalue weighted by Gasteiger charge is -2.23. The summed E-state index contributed by atoms with van der Waals surface area (Å²) in [5.41, 5.74) is 11.0. The molecule has 1 aliphatic heterocycles. The normalized spacial score (nSPS) is 14.6. The first-order valence-corrected chi connectivity index (χ1v) is 16.0. The Morgan fingerprint density at radius 1 is 0.489 bits per heavy atom. The van der Waals surface area contributed by atoms with Crippen LogP contribution in [-0.4, -0.2) is 5.84 Å². The first kappa shape index (κ1) is 27.1. The number of nitrogens with zero attached hydrogens (tertiary/aromatic N) is 1. The zero-order valence-corrected chi connectivity index (χ0v) is 25.6. The predicted octanol–water partition coefficient (Wildman–Crippen LogP) is 11.2. The van der Waals surface area contributed by atoms with Crippen molar-refractivity contribution < 1.29 is 4.42 Å². The zero-order chi connectivity index (χ0) is 31.2. The van der Waals surface area contributed by atoms with Crippen molar-refractivity contribution in [2.24, 2.45) is 4.99 Å². The third kappa shape index (κ3) is 4.99. The fourth-order valence-corrected chi connectivity index (χ4v) is 6.71. The molecule has 2 heterocycles. The van der Waals surface area contributed by atoms with Crippen LogP contribution in [0.25, 0.3) is 60.7 Å². The molecule has 0 saturated heterocycles. The van der Waals surface area contributed by atoms with Crippen LogP contribution < -0.4 is 5.32 Å². The van der Waals surface area contributed by atoms with Crippen LogP contribution in [0.5, 0.6) is 0 Å². The monoisotopic (exact) mass is 602 g/mol. The second-order valence-electron chi connectivity index (χ2n) is 12.0.